The van der Waals surface area contributed by atoms with Crippen LogP contribution in [0.2, 0.25) is 0 Å². The molecule has 15 heavy (non-hydrogen) atoms. The van der Waals surface area contributed by atoms with Gasteiger partial charge in [-0.25, -0.2) is 0 Å². The van der Waals surface area contributed by atoms with Gasteiger partial charge < -0.3 is 0 Å². The van der Waals surface area contributed by atoms with Crippen molar-refractivity contribution in [3.8, 4) is 0 Å². The zero-order valence-corrected chi connectivity index (χ0v) is 13.3. The van der Waals surface area contributed by atoms with E-state index in [0.717, 1.165) is 10.8 Å². The highest BCUT2D eigenvalue weighted by Crippen LogP contribution is 2.42. The van der Waals surface area contributed by atoms with Crippen LogP contribution < -0.4 is 0 Å². The van der Waals surface area contributed by atoms with Crippen LogP contribution in [0.5, 0.6) is 0 Å². The van der Waals surface area contributed by atoms with Crippen LogP contribution in [-0.4, -0.2) is 4.43 Å². The average molecular weight is 424 g/mol. The lowest BCUT2D eigenvalue weighted by atomic mass is 9.83. The van der Waals surface area contributed by atoms with E-state index in [9.17, 15) is 0 Å². The maximum Gasteiger partial charge on any atom is 0.0178 e. The summed E-state index contributed by atoms with van der Waals surface area (Å²) in [6.07, 6.45) is 3.52. The molecule has 0 aromatic heterocycles. The third-order valence-corrected chi connectivity index (χ3v) is 4.36. The van der Waals surface area contributed by atoms with E-state index < -0.39 is 0 Å². The van der Waals surface area contributed by atoms with Crippen LogP contribution in [0.3, 0.4) is 0 Å². The molecule has 1 aliphatic carbocycles. The van der Waals surface area contributed by atoms with Crippen molar-refractivity contribution in [2.75, 3.05) is 4.43 Å². The van der Waals surface area contributed by atoms with E-state index in [1.165, 1.54) is 14.7 Å². The van der Waals surface area contributed by atoms with E-state index in [-0.39, 0.29) is 5.41 Å². The standard InChI is InChI=1S/C13H14I2/c1-13(2)10(5-6-14)7-9-3-4-11(15)8-12(9)13/h3-5,8H,6-7H2,1-2H3/b10-5+. The van der Waals surface area contributed by atoms with Gasteiger partial charge in [0.25, 0.3) is 0 Å². The van der Waals surface area contributed by atoms with Gasteiger partial charge in [-0.3, -0.25) is 0 Å². The van der Waals surface area contributed by atoms with E-state index in [0.29, 0.717) is 0 Å². The first-order valence-electron chi connectivity index (χ1n) is 5.10. The number of rotatable bonds is 1. The summed E-state index contributed by atoms with van der Waals surface area (Å²) in [6.45, 7) is 4.68. The van der Waals surface area contributed by atoms with Crippen molar-refractivity contribution in [1.82, 2.24) is 0 Å². The Kier molecular flexibility index (Phi) is 3.45. The molecular formula is C13H14I2. The molecule has 80 valence electrons. The summed E-state index contributed by atoms with van der Waals surface area (Å²) in [4.78, 5) is 0. The van der Waals surface area contributed by atoms with Gasteiger partial charge in [0, 0.05) is 13.4 Å². The number of hydrogen-bond donors (Lipinski definition) is 0. The highest BCUT2D eigenvalue weighted by molar-refractivity contribution is 14.1. The van der Waals surface area contributed by atoms with Gasteiger partial charge in [0.05, 0.1) is 0 Å². The summed E-state index contributed by atoms with van der Waals surface area (Å²) < 4.78 is 2.46. The second-order valence-corrected chi connectivity index (χ2v) is 6.61. The summed E-state index contributed by atoms with van der Waals surface area (Å²) >= 11 is 4.82. The van der Waals surface area contributed by atoms with Gasteiger partial charge in [-0.2, -0.15) is 0 Å². The van der Waals surface area contributed by atoms with Gasteiger partial charge >= 0.3 is 0 Å². The molecule has 0 saturated heterocycles. The van der Waals surface area contributed by atoms with Crippen molar-refractivity contribution in [3.63, 3.8) is 0 Å². The van der Waals surface area contributed by atoms with Crippen LogP contribution in [0.25, 0.3) is 0 Å². The highest BCUT2D eigenvalue weighted by atomic mass is 127. The van der Waals surface area contributed by atoms with Crippen LogP contribution in [0.1, 0.15) is 25.0 Å². The van der Waals surface area contributed by atoms with Gasteiger partial charge in [-0.1, -0.05) is 54.2 Å². The van der Waals surface area contributed by atoms with Crippen molar-refractivity contribution in [3.05, 3.63) is 44.5 Å². The predicted octanol–water partition coefficient (Wildman–Crippen LogP) is 4.49. The quantitative estimate of drug-likeness (QED) is 0.354. The number of allylic oxidation sites excluding steroid dienone is 2. The second-order valence-electron chi connectivity index (χ2n) is 4.49. The molecule has 0 nitrogen and oxygen atoms in total. The minimum absolute atomic E-state index is 0.238. The molecule has 0 amide bonds. The highest BCUT2D eigenvalue weighted by Gasteiger charge is 2.33. The molecule has 0 atom stereocenters. The molecule has 1 aromatic carbocycles. The normalized spacial score (nSPS) is 20.7. The van der Waals surface area contributed by atoms with E-state index >= 15 is 0 Å². The summed E-state index contributed by atoms with van der Waals surface area (Å²) in [5.74, 6) is 0. The number of halogens is 2. The Bertz CT molecular complexity index is 417. The predicted molar refractivity (Wildman–Crippen MR) is 82.9 cm³/mol. The molecule has 0 radical (unpaired) electrons. The lowest BCUT2D eigenvalue weighted by Crippen LogP contribution is -2.15. The molecule has 0 spiro atoms. The SMILES string of the molecule is CC1(C)/C(=C/CI)Cc2ccc(I)cc21. The van der Waals surface area contributed by atoms with E-state index in [1.807, 2.05) is 0 Å². The van der Waals surface area contributed by atoms with Crippen molar-refractivity contribution in [1.29, 1.82) is 0 Å². The maximum absolute atomic E-state index is 2.42. The monoisotopic (exact) mass is 424 g/mol. The van der Waals surface area contributed by atoms with E-state index in [4.69, 9.17) is 0 Å². The molecule has 2 rings (SSSR count). The van der Waals surface area contributed by atoms with Crippen LogP contribution in [0.4, 0.5) is 0 Å². The Balaban J connectivity index is 2.53. The molecule has 0 unspecified atom stereocenters. The van der Waals surface area contributed by atoms with Gasteiger partial charge in [0.15, 0.2) is 0 Å². The summed E-state index contributed by atoms with van der Waals surface area (Å²) in [6, 6.07) is 6.83. The summed E-state index contributed by atoms with van der Waals surface area (Å²) in [5, 5.41) is 0. The van der Waals surface area contributed by atoms with Crippen molar-refractivity contribution in [2.24, 2.45) is 0 Å². The minimum Gasteiger partial charge on any atom is -0.0818 e. The van der Waals surface area contributed by atoms with E-state index in [2.05, 4.69) is 83.3 Å². The Labute approximate surface area is 119 Å². The lowest BCUT2D eigenvalue weighted by molar-refractivity contribution is 0.643. The number of benzene rings is 1. The number of fused-ring (bicyclic) bond motifs is 1. The molecule has 1 aromatic rings. The number of hydrogen-bond acceptors (Lipinski definition) is 0. The molecule has 0 heterocycles. The largest absolute Gasteiger partial charge is 0.0818 e. The van der Waals surface area contributed by atoms with Crippen molar-refractivity contribution < 1.29 is 0 Å². The number of alkyl halides is 1. The van der Waals surface area contributed by atoms with E-state index in [1.54, 1.807) is 5.57 Å². The smallest absolute Gasteiger partial charge is 0.0178 e. The fourth-order valence-electron chi connectivity index (χ4n) is 2.30. The van der Waals surface area contributed by atoms with Crippen molar-refractivity contribution >= 4 is 45.2 Å². The molecule has 0 fully saturated rings. The Morgan fingerprint density at radius 1 is 1.40 bits per heavy atom. The molecule has 2 heteroatoms. The van der Waals surface area contributed by atoms with Crippen LogP contribution >= 0.6 is 45.2 Å². The summed E-state index contributed by atoms with van der Waals surface area (Å²) in [7, 11) is 0. The minimum atomic E-state index is 0.238. The van der Waals surface area contributed by atoms with Gasteiger partial charge in [-0.05, 0) is 52.3 Å². The molecule has 0 saturated carbocycles. The first-order valence-corrected chi connectivity index (χ1v) is 7.70. The molecule has 1 aliphatic rings. The average Bonchev–Trinajstić information content (AvgIpc) is 2.41. The van der Waals surface area contributed by atoms with Crippen molar-refractivity contribution in [2.45, 2.75) is 25.7 Å². The fourth-order valence-corrected chi connectivity index (χ4v) is 3.33. The van der Waals surface area contributed by atoms with Crippen LogP contribution in [0, 0.1) is 3.57 Å². The zero-order valence-electron chi connectivity index (χ0n) is 8.98. The fraction of sp³-hybridized carbons (Fsp3) is 0.385. The van der Waals surface area contributed by atoms with Crippen LogP contribution in [0.15, 0.2) is 29.8 Å². The third kappa shape index (κ3) is 2.12. The Morgan fingerprint density at radius 2 is 2.13 bits per heavy atom. The second kappa shape index (κ2) is 4.35. The zero-order chi connectivity index (χ0) is 11.1. The Hall–Kier alpha value is 0.420. The topological polar surface area (TPSA) is 0 Å². The third-order valence-electron chi connectivity index (χ3n) is 3.25. The Morgan fingerprint density at radius 3 is 2.80 bits per heavy atom. The summed E-state index contributed by atoms with van der Waals surface area (Å²) in [5.41, 5.74) is 4.85. The molecule has 0 bridgehead atoms. The lowest BCUT2D eigenvalue weighted by Gasteiger charge is -2.22. The van der Waals surface area contributed by atoms with Gasteiger partial charge in [0.2, 0.25) is 0 Å². The first-order chi connectivity index (χ1) is 7.05. The first kappa shape index (κ1) is 11.9. The molecule has 0 aliphatic heterocycles. The van der Waals surface area contributed by atoms with Crippen LogP contribution in [-0.2, 0) is 11.8 Å². The maximum atomic E-state index is 2.42. The van der Waals surface area contributed by atoms with Gasteiger partial charge in [-0.15, -0.1) is 0 Å². The van der Waals surface area contributed by atoms with Gasteiger partial charge in [0.1, 0.15) is 0 Å². The molecular weight excluding hydrogens is 410 g/mol. The molecule has 0 N–H and O–H groups in total.